The van der Waals surface area contributed by atoms with Crippen molar-refractivity contribution in [2.24, 2.45) is 7.05 Å². The van der Waals surface area contributed by atoms with E-state index < -0.39 is 5.97 Å². The maximum atomic E-state index is 11.3. The van der Waals surface area contributed by atoms with Gasteiger partial charge in [-0.15, -0.1) is 10.2 Å². The lowest BCUT2D eigenvalue weighted by Gasteiger charge is -2.06. The molecular formula is C13H10N4O2S. The quantitative estimate of drug-likeness (QED) is 0.795. The minimum Gasteiger partial charge on any atom is -0.476 e. The summed E-state index contributed by atoms with van der Waals surface area (Å²) < 4.78 is 1.67. The van der Waals surface area contributed by atoms with Gasteiger partial charge in [0, 0.05) is 18.6 Å². The lowest BCUT2D eigenvalue weighted by molar-refractivity contribution is 0.0685. The van der Waals surface area contributed by atoms with Gasteiger partial charge in [-0.25, -0.2) is 4.79 Å². The van der Waals surface area contributed by atoms with Crippen LogP contribution in [0.4, 0.5) is 0 Å². The van der Waals surface area contributed by atoms with Gasteiger partial charge in [0.25, 0.3) is 0 Å². The molecule has 3 rings (SSSR count). The summed E-state index contributed by atoms with van der Waals surface area (Å²) in [5, 5.41) is 21.9. The molecule has 0 atom stereocenters. The molecule has 0 radical (unpaired) electrons. The number of aromatic nitrogens is 4. The molecule has 0 bridgehead atoms. The first-order valence-corrected chi connectivity index (χ1v) is 6.62. The molecule has 0 aliphatic rings. The lowest BCUT2D eigenvalue weighted by atomic mass is 10.2. The van der Waals surface area contributed by atoms with Gasteiger partial charge in [0.1, 0.15) is 0 Å². The summed E-state index contributed by atoms with van der Waals surface area (Å²) in [6, 6.07) is 7.34. The van der Waals surface area contributed by atoms with Crippen LogP contribution >= 0.6 is 11.8 Å². The van der Waals surface area contributed by atoms with E-state index in [4.69, 9.17) is 0 Å². The van der Waals surface area contributed by atoms with Gasteiger partial charge in [0.2, 0.25) is 0 Å². The molecule has 20 heavy (non-hydrogen) atoms. The van der Waals surface area contributed by atoms with Gasteiger partial charge < -0.3 is 5.11 Å². The Hall–Kier alpha value is -2.41. The number of carboxylic acid groups (broad SMARTS) is 1. The Bertz CT molecular complexity index is 800. The van der Waals surface area contributed by atoms with Crippen LogP contribution in [-0.4, -0.2) is 31.1 Å². The highest BCUT2D eigenvalue weighted by atomic mass is 32.2. The molecule has 1 N–H and O–H groups in total. The third-order valence-corrected chi connectivity index (χ3v) is 3.79. The minimum atomic E-state index is -1.09. The van der Waals surface area contributed by atoms with E-state index in [0.717, 1.165) is 10.3 Å². The zero-order valence-electron chi connectivity index (χ0n) is 10.5. The van der Waals surface area contributed by atoms with Crippen molar-refractivity contribution in [3.05, 3.63) is 42.4 Å². The summed E-state index contributed by atoms with van der Waals surface area (Å²) in [7, 11) is 1.81. The molecule has 2 aromatic heterocycles. The molecule has 0 unspecified atom stereocenters. The van der Waals surface area contributed by atoms with Crippen molar-refractivity contribution < 1.29 is 9.90 Å². The number of hydrogen-bond acceptors (Lipinski definition) is 5. The Labute approximate surface area is 118 Å². The van der Waals surface area contributed by atoms with Crippen molar-refractivity contribution in [3.8, 4) is 0 Å². The number of nitrogens with zero attached hydrogens (tertiary/aromatic N) is 4. The van der Waals surface area contributed by atoms with Crippen LogP contribution < -0.4 is 0 Å². The largest absolute Gasteiger partial charge is 0.476 e. The van der Waals surface area contributed by atoms with E-state index in [1.54, 1.807) is 16.9 Å². The fraction of sp³-hybridized carbons (Fsp3) is 0.0769. The van der Waals surface area contributed by atoms with Crippen molar-refractivity contribution in [2.45, 2.75) is 9.79 Å². The van der Waals surface area contributed by atoms with Gasteiger partial charge in [-0.2, -0.15) is 5.10 Å². The smallest absolute Gasteiger partial charge is 0.357 e. The van der Waals surface area contributed by atoms with Crippen molar-refractivity contribution in [1.82, 2.24) is 20.0 Å². The maximum Gasteiger partial charge on any atom is 0.357 e. The van der Waals surface area contributed by atoms with Crippen LogP contribution in [0.3, 0.4) is 0 Å². The normalized spacial score (nSPS) is 10.8. The third-order valence-electron chi connectivity index (χ3n) is 2.73. The summed E-state index contributed by atoms with van der Waals surface area (Å²) in [5.41, 5.74) is 0.626. The number of rotatable bonds is 3. The molecule has 0 spiro atoms. The molecule has 3 aromatic rings. The first-order valence-electron chi connectivity index (χ1n) is 5.80. The Morgan fingerprint density at radius 1 is 1.30 bits per heavy atom. The molecule has 0 saturated carbocycles. The highest BCUT2D eigenvalue weighted by molar-refractivity contribution is 7.99. The monoisotopic (exact) mass is 286 g/mol. The van der Waals surface area contributed by atoms with E-state index >= 15 is 0 Å². The van der Waals surface area contributed by atoms with Crippen LogP contribution in [0.1, 0.15) is 10.5 Å². The average Bonchev–Trinajstić information content (AvgIpc) is 2.84. The zero-order valence-corrected chi connectivity index (χ0v) is 11.3. The highest BCUT2D eigenvalue weighted by Gasteiger charge is 2.18. The van der Waals surface area contributed by atoms with Gasteiger partial charge in [0.05, 0.1) is 21.5 Å². The number of aryl methyl sites for hydroxylation is 1. The molecule has 100 valence electrons. The number of benzene rings is 1. The molecular weight excluding hydrogens is 276 g/mol. The molecule has 6 nitrogen and oxygen atoms in total. The second kappa shape index (κ2) is 4.93. The minimum absolute atomic E-state index is 0.0439. The van der Waals surface area contributed by atoms with Gasteiger partial charge >= 0.3 is 5.97 Å². The zero-order chi connectivity index (χ0) is 14.1. The van der Waals surface area contributed by atoms with Crippen molar-refractivity contribution in [1.29, 1.82) is 0 Å². The molecule has 0 aliphatic carbocycles. The van der Waals surface area contributed by atoms with Crippen LogP contribution in [0.5, 0.6) is 0 Å². The fourth-order valence-electron chi connectivity index (χ4n) is 1.84. The van der Waals surface area contributed by atoms with Gasteiger partial charge in [0.15, 0.2) is 5.69 Å². The second-order valence-electron chi connectivity index (χ2n) is 4.15. The van der Waals surface area contributed by atoms with E-state index in [0.29, 0.717) is 10.4 Å². The molecule has 0 fully saturated rings. The van der Waals surface area contributed by atoms with E-state index in [9.17, 15) is 9.90 Å². The van der Waals surface area contributed by atoms with E-state index in [2.05, 4.69) is 15.3 Å². The molecule has 2 heterocycles. The first-order chi connectivity index (χ1) is 9.65. The molecule has 0 aliphatic heterocycles. The van der Waals surface area contributed by atoms with E-state index in [-0.39, 0.29) is 5.69 Å². The maximum absolute atomic E-state index is 11.3. The highest BCUT2D eigenvalue weighted by Crippen LogP contribution is 2.34. The van der Waals surface area contributed by atoms with E-state index in [1.807, 2.05) is 31.4 Å². The predicted molar refractivity (Wildman–Crippen MR) is 73.8 cm³/mol. The van der Waals surface area contributed by atoms with Gasteiger partial charge in [-0.3, -0.25) is 4.68 Å². The summed E-state index contributed by atoms with van der Waals surface area (Å²) in [6.07, 6.45) is 3.51. The Morgan fingerprint density at radius 3 is 2.80 bits per heavy atom. The Balaban J connectivity index is 2.19. The van der Waals surface area contributed by atoms with Crippen LogP contribution in [-0.2, 0) is 7.05 Å². The van der Waals surface area contributed by atoms with Crippen molar-refractivity contribution in [2.75, 3.05) is 0 Å². The number of aromatic carboxylic acids is 1. The van der Waals surface area contributed by atoms with Crippen LogP contribution in [0, 0.1) is 0 Å². The summed E-state index contributed by atoms with van der Waals surface area (Å²) in [6.45, 7) is 0. The second-order valence-corrected chi connectivity index (χ2v) is 5.24. The summed E-state index contributed by atoms with van der Waals surface area (Å²) >= 11 is 1.33. The average molecular weight is 286 g/mol. The van der Waals surface area contributed by atoms with Crippen molar-refractivity contribution in [3.63, 3.8) is 0 Å². The number of carbonyl (C=O) groups is 1. The van der Waals surface area contributed by atoms with Crippen molar-refractivity contribution >= 4 is 28.6 Å². The SMILES string of the molecule is Cn1cc(Sc2c(C(=O)O)nnc3ccccc23)cn1. The number of hydrogen-bond donors (Lipinski definition) is 1. The molecule has 7 heteroatoms. The topological polar surface area (TPSA) is 80.9 Å². The predicted octanol–water partition coefficient (Wildman–Crippen LogP) is 2.21. The van der Waals surface area contributed by atoms with Crippen LogP contribution in [0.2, 0.25) is 0 Å². The molecule has 0 saturated heterocycles. The fourth-order valence-corrected chi connectivity index (χ4v) is 2.89. The molecule has 1 aromatic carbocycles. The van der Waals surface area contributed by atoms with E-state index in [1.165, 1.54) is 11.8 Å². The number of fused-ring (bicyclic) bond motifs is 1. The van der Waals surface area contributed by atoms with Gasteiger partial charge in [-0.1, -0.05) is 30.0 Å². The Kier molecular flexibility index (Phi) is 3.11. The Morgan fingerprint density at radius 2 is 2.10 bits per heavy atom. The lowest BCUT2D eigenvalue weighted by Crippen LogP contribution is -2.05. The van der Waals surface area contributed by atoms with Crippen LogP contribution in [0.25, 0.3) is 10.9 Å². The van der Waals surface area contributed by atoms with Gasteiger partial charge in [-0.05, 0) is 6.07 Å². The summed E-state index contributed by atoms with van der Waals surface area (Å²) in [5.74, 6) is -1.09. The third kappa shape index (κ3) is 2.23. The number of carboxylic acids is 1. The van der Waals surface area contributed by atoms with Crippen LogP contribution in [0.15, 0.2) is 46.5 Å². The molecule has 0 amide bonds. The summed E-state index contributed by atoms with van der Waals surface area (Å²) in [4.78, 5) is 12.8. The standard InChI is InChI=1S/C13H10N4O2S/c1-17-7-8(6-14-17)20-12-9-4-2-3-5-10(9)15-16-11(12)13(18)19/h2-7H,1H3,(H,18,19). The first kappa shape index (κ1) is 12.6.